The Bertz CT molecular complexity index is 1440. The average molecular weight is 428 g/mol. The molecule has 0 unspecified atom stereocenters. The molecule has 0 fully saturated rings. The second kappa shape index (κ2) is 6.39. The van der Waals surface area contributed by atoms with Gasteiger partial charge in [0.2, 0.25) is 0 Å². The van der Waals surface area contributed by atoms with Crippen LogP contribution in [0.15, 0.2) is 48.5 Å². The number of carboxylic acids is 4. The standard InChI is InChI=1S/C24H12O8/c25-21(26)11-1-9-2-12(22(27)28)6-16-18-8-14(24(31)32)4-10-3-13(23(29)30)7-17(20(10)18)15(5-11)19(9)16/h1-8H,(H,25,26)(H,27,28)(H,29,30)(H,31,32). The van der Waals surface area contributed by atoms with Gasteiger partial charge in [-0.3, -0.25) is 0 Å². The smallest absolute Gasteiger partial charge is 0.335 e. The molecule has 0 heterocycles. The van der Waals surface area contributed by atoms with Gasteiger partial charge in [-0.1, -0.05) is 0 Å². The Morgan fingerprint density at radius 3 is 0.812 bits per heavy atom. The van der Waals surface area contributed by atoms with E-state index in [0.717, 1.165) is 0 Å². The van der Waals surface area contributed by atoms with Crippen molar-refractivity contribution in [3.8, 4) is 0 Å². The Hall–Kier alpha value is -4.72. The largest absolute Gasteiger partial charge is 0.478 e. The van der Waals surface area contributed by atoms with Crippen LogP contribution < -0.4 is 0 Å². The third kappa shape index (κ3) is 2.63. The Morgan fingerprint density at radius 2 is 0.625 bits per heavy atom. The second-order valence-corrected chi connectivity index (χ2v) is 7.51. The summed E-state index contributed by atoms with van der Waals surface area (Å²) in [6.45, 7) is 0. The van der Waals surface area contributed by atoms with Crippen LogP contribution >= 0.6 is 0 Å². The fourth-order valence-corrected chi connectivity index (χ4v) is 4.38. The Morgan fingerprint density at radius 1 is 0.406 bits per heavy atom. The highest BCUT2D eigenvalue weighted by Crippen LogP contribution is 2.42. The van der Waals surface area contributed by atoms with Gasteiger partial charge in [0, 0.05) is 0 Å². The predicted molar refractivity (Wildman–Crippen MR) is 115 cm³/mol. The molecule has 156 valence electrons. The second-order valence-electron chi connectivity index (χ2n) is 7.51. The number of benzene rings is 5. The van der Waals surface area contributed by atoms with Crippen molar-refractivity contribution in [1.82, 2.24) is 0 Å². The van der Waals surface area contributed by atoms with Crippen LogP contribution in [0.1, 0.15) is 41.4 Å². The minimum absolute atomic E-state index is 0.0829. The predicted octanol–water partition coefficient (Wildman–Crippen LogP) is 4.53. The highest BCUT2D eigenvalue weighted by Gasteiger charge is 2.21. The van der Waals surface area contributed by atoms with Crippen molar-refractivity contribution in [2.24, 2.45) is 0 Å². The van der Waals surface area contributed by atoms with E-state index in [1.165, 1.54) is 48.5 Å². The SMILES string of the molecule is O=C(O)c1cc2cc(C(=O)O)cc3c4cc(C(=O)O)cc5cc(C(=O)O)cc(c(c1)c23)c54. The number of hydrogen-bond donors (Lipinski definition) is 4. The molecular formula is C24H12O8. The zero-order valence-electron chi connectivity index (χ0n) is 16.0. The Labute approximate surface area is 177 Å². The molecule has 0 aliphatic heterocycles. The molecule has 5 aromatic carbocycles. The average Bonchev–Trinajstić information content (AvgIpc) is 2.75. The summed E-state index contributed by atoms with van der Waals surface area (Å²) in [6.07, 6.45) is 0. The molecule has 0 amide bonds. The van der Waals surface area contributed by atoms with Gasteiger partial charge in [-0.15, -0.1) is 0 Å². The van der Waals surface area contributed by atoms with Crippen LogP contribution in [0.3, 0.4) is 0 Å². The molecule has 5 rings (SSSR count). The lowest BCUT2D eigenvalue weighted by Crippen LogP contribution is -2.03. The molecule has 8 heteroatoms. The van der Waals surface area contributed by atoms with E-state index in [-0.39, 0.29) is 22.3 Å². The fourth-order valence-electron chi connectivity index (χ4n) is 4.38. The molecule has 8 nitrogen and oxygen atoms in total. The summed E-state index contributed by atoms with van der Waals surface area (Å²) >= 11 is 0. The third-order valence-corrected chi connectivity index (χ3v) is 5.67. The quantitative estimate of drug-likeness (QED) is 0.241. The van der Waals surface area contributed by atoms with Crippen LogP contribution in [0.4, 0.5) is 0 Å². The van der Waals surface area contributed by atoms with E-state index in [0.29, 0.717) is 43.1 Å². The molecule has 0 radical (unpaired) electrons. The van der Waals surface area contributed by atoms with Crippen LogP contribution in [0.25, 0.3) is 43.1 Å². The van der Waals surface area contributed by atoms with Crippen molar-refractivity contribution in [1.29, 1.82) is 0 Å². The van der Waals surface area contributed by atoms with Gasteiger partial charge in [0.25, 0.3) is 0 Å². The number of aromatic carboxylic acids is 4. The van der Waals surface area contributed by atoms with Gasteiger partial charge >= 0.3 is 23.9 Å². The first-order chi connectivity index (χ1) is 15.2. The van der Waals surface area contributed by atoms with Gasteiger partial charge in [0.1, 0.15) is 0 Å². The molecule has 0 spiro atoms. The Balaban J connectivity index is 2.17. The minimum atomic E-state index is -1.22. The zero-order chi connectivity index (χ0) is 22.9. The van der Waals surface area contributed by atoms with Crippen molar-refractivity contribution >= 4 is 67.0 Å². The number of rotatable bonds is 4. The van der Waals surface area contributed by atoms with Gasteiger partial charge in [0.05, 0.1) is 22.3 Å². The van der Waals surface area contributed by atoms with Crippen LogP contribution in [0.5, 0.6) is 0 Å². The lowest BCUT2D eigenvalue weighted by Gasteiger charge is -2.17. The highest BCUT2D eigenvalue weighted by molar-refractivity contribution is 6.35. The van der Waals surface area contributed by atoms with Gasteiger partial charge in [-0.2, -0.15) is 0 Å². The molecular weight excluding hydrogens is 416 g/mol. The van der Waals surface area contributed by atoms with E-state index in [2.05, 4.69) is 0 Å². The summed E-state index contributed by atoms with van der Waals surface area (Å²) in [5.41, 5.74) is -0.332. The number of carboxylic acid groups (broad SMARTS) is 4. The molecule has 0 saturated carbocycles. The van der Waals surface area contributed by atoms with Crippen molar-refractivity contribution in [2.45, 2.75) is 0 Å². The van der Waals surface area contributed by atoms with Gasteiger partial charge in [-0.25, -0.2) is 19.2 Å². The van der Waals surface area contributed by atoms with E-state index in [1.807, 2.05) is 0 Å². The first-order valence-electron chi connectivity index (χ1n) is 9.33. The molecule has 0 aliphatic carbocycles. The normalized spacial score (nSPS) is 11.5. The maximum Gasteiger partial charge on any atom is 0.335 e. The van der Waals surface area contributed by atoms with E-state index in [1.54, 1.807) is 0 Å². The van der Waals surface area contributed by atoms with E-state index >= 15 is 0 Å². The zero-order valence-corrected chi connectivity index (χ0v) is 16.0. The van der Waals surface area contributed by atoms with Gasteiger partial charge in [0.15, 0.2) is 0 Å². The molecule has 0 atom stereocenters. The van der Waals surface area contributed by atoms with Crippen molar-refractivity contribution < 1.29 is 39.6 Å². The number of hydrogen-bond acceptors (Lipinski definition) is 4. The topological polar surface area (TPSA) is 149 Å². The summed E-state index contributed by atoms with van der Waals surface area (Å²) in [5, 5.41) is 41.8. The fraction of sp³-hybridized carbons (Fsp3) is 0. The minimum Gasteiger partial charge on any atom is -0.478 e. The first kappa shape index (κ1) is 19.3. The highest BCUT2D eigenvalue weighted by atomic mass is 16.4. The molecule has 0 saturated heterocycles. The summed E-state index contributed by atoms with van der Waals surface area (Å²) in [6, 6.07) is 11.1. The number of fused-ring (bicyclic) bond motifs is 2. The van der Waals surface area contributed by atoms with Crippen LogP contribution in [0.2, 0.25) is 0 Å². The summed E-state index contributed by atoms with van der Waals surface area (Å²) in [7, 11) is 0. The van der Waals surface area contributed by atoms with Gasteiger partial charge < -0.3 is 20.4 Å². The van der Waals surface area contributed by atoms with E-state index in [4.69, 9.17) is 0 Å². The molecule has 5 aromatic rings. The maximum absolute atomic E-state index is 11.7. The summed E-state index contributed by atoms with van der Waals surface area (Å²) < 4.78 is 0. The van der Waals surface area contributed by atoms with Crippen LogP contribution in [0, 0.1) is 0 Å². The van der Waals surface area contributed by atoms with Crippen LogP contribution in [-0.2, 0) is 0 Å². The monoisotopic (exact) mass is 428 g/mol. The Kier molecular flexibility index (Phi) is 3.84. The molecule has 32 heavy (non-hydrogen) atoms. The van der Waals surface area contributed by atoms with Crippen molar-refractivity contribution in [2.75, 3.05) is 0 Å². The van der Waals surface area contributed by atoms with Crippen molar-refractivity contribution in [3.05, 3.63) is 70.8 Å². The molecule has 0 aromatic heterocycles. The number of carbonyl (C=O) groups is 4. The van der Waals surface area contributed by atoms with Gasteiger partial charge in [-0.05, 0) is 91.6 Å². The molecule has 0 aliphatic rings. The summed E-state index contributed by atoms with van der Waals surface area (Å²) in [4.78, 5) is 47.0. The molecule has 4 N–H and O–H groups in total. The lowest BCUT2D eigenvalue weighted by atomic mass is 9.86. The summed E-state index contributed by atoms with van der Waals surface area (Å²) in [5.74, 6) is -4.88. The van der Waals surface area contributed by atoms with Crippen molar-refractivity contribution in [3.63, 3.8) is 0 Å². The third-order valence-electron chi connectivity index (χ3n) is 5.67. The van der Waals surface area contributed by atoms with E-state index < -0.39 is 23.9 Å². The first-order valence-corrected chi connectivity index (χ1v) is 9.33. The maximum atomic E-state index is 11.7. The van der Waals surface area contributed by atoms with Crippen LogP contribution in [-0.4, -0.2) is 44.3 Å². The van der Waals surface area contributed by atoms with E-state index in [9.17, 15) is 39.6 Å². The lowest BCUT2D eigenvalue weighted by molar-refractivity contribution is 0.0685. The molecule has 0 bridgehead atoms.